The van der Waals surface area contributed by atoms with Crippen LogP contribution < -0.4 is 5.32 Å². The van der Waals surface area contributed by atoms with Gasteiger partial charge in [0.25, 0.3) is 0 Å². The number of nitrogens with zero attached hydrogens (tertiary/aromatic N) is 3. The Morgan fingerprint density at radius 2 is 2.11 bits per heavy atom. The van der Waals surface area contributed by atoms with Gasteiger partial charge in [-0.3, -0.25) is 9.78 Å². The molecule has 2 N–H and O–H groups in total. The lowest BCUT2D eigenvalue weighted by Gasteiger charge is -2.24. The minimum absolute atomic E-state index is 0.0444. The molecule has 7 nitrogen and oxygen atoms in total. The van der Waals surface area contributed by atoms with Crippen molar-refractivity contribution in [2.45, 2.75) is 63.7 Å². The Balaban J connectivity index is 1.59. The van der Waals surface area contributed by atoms with E-state index in [1.807, 2.05) is 31.1 Å². The van der Waals surface area contributed by atoms with E-state index in [2.05, 4.69) is 40.6 Å². The molecule has 1 saturated carbocycles. The first-order chi connectivity index (χ1) is 17.5. The van der Waals surface area contributed by atoms with Crippen molar-refractivity contribution in [2.75, 3.05) is 27.2 Å². The summed E-state index contributed by atoms with van der Waals surface area (Å²) >= 11 is 0. The van der Waals surface area contributed by atoms with Crippen molar-refractivity contribution in [3.05, 3.63) is 65.2 Å². The molecular weight excluding hydrogens is 452 g/mol. The molecule has 0 aromatic carbocycles. The fourth-order valence-corrected chi connectivity index (χ4v) is 5.28. The number of oxime groups is 1. The smallest absolute Gasteiger partial charge is 0.234 e. The maximum atomic E-state index is 12.1. The van der Waals surface area contributed by atoms with Gasteiger partial charge in [0.05, 0.1) is 12.3 Å². The number of allylic oxidation sites excluding steroid dienone is 4. The fraction of sp³-hybridized carbons (Fsp3) is 0.483. The van der Waals surface area contributed by atoms with Gasteiger partial charge in [0.1, 0.15) is 11.5 Å². The van der Waals surface area contributed by atoms with Crippen LogP contribution in [0.25, 0.3) is 11.3 Å². The quantitative estimate of drug-likeness (QED) is 0.269. The summed E-state index contributed by atoms with van der Waals surface area (Å²) in [5.41, 5.74) is 5.65. The average molecular weight is 491 g/mol. The van der Waals surface area contributed by atoms with Crippen LogP contribution in [0, 0.1) is 0 Å². The number of amides is 1. The minimum atomic E-state index is 0.0444. The highest BCUT2D eigenvalue weighted by Gasteiger charge is 2.26. The molecule has 192 valence electrons. The van der Waals surface area contributed by atoms with Gasteiger partial charge in [-0.15, -0.1) is 0 Å². The van der Waals surface area contributed by atoms with E-state index in [-0.39, 0.29) is 17.7 Å². The van der Waals surface area contributed by atoms with Gasteiger partial charge in [-0.2, -0.15) is 0 Å². The maximum absolute atomic E-state index is 12.1. The SMILES string of the molecule is CCC(CCNC(=O)CN(C)C)c1cc(C2/C=C3/CCC(=N\O)/C(=C/CC2)C3)c(-c2ccncc2)o1. The number of nitrogens with one attached hydrogen (secondary N) is 1. The number of carbonyl (C=O) groups excluding carboxylic acids is 1. The lowest BCUT2D eigenvalue weighted by molar-refractivity contribution is -0.121. The molecule has 0 saturated heterocycles. The van der Waals surface area contributed by atoms with Gasteiger partial charge >= 0.3 is 0 Å². The van der Waals surface area contributed by atoms with Crippen molar-refractivity contribution in [1.82, 2.24) is 15.2 Å². The van der Waals surface area contributed by atoms with Gasteiger partial charge in [-0.05, 0) is 82.8 Å². The van der Waals surface area contributed by atoms with E-state index >= 15 is 0 Å². The van der Waals surface area contributed by atoms with E-state index in [4.69, 9.17) is 4.42 Å². The lowest BCUT2D eigenvalue weighted by atomic mass is 9.81. The molecule has 7 heteroatoms. The highest BCUT2D eigenvalue weighted by molar-refractivity contribution is 6.01. The van der Waals surface area contributed by atoms with Gasteiger partial charge in [0, 0.05) is 41.9 Å². The van der Waals surface area contributed by atoms with Crippen LogP contribution in [0.1, 0.15) is 75.0 Å². The molecule has 2 bridgehead atoms. The van der Waals surface area contributed by atoms with E-state index in [0.717, 1.165) is 73.3 Å². The summed E-state index contributed by atoms with van der Waals surface area (Å²) in [5.74, 6) is 2.43. The monoisotopic (exact) mass is 490 g/mol. The Kier molecular flexibility index (Phi) is 8.75. The molecule has 1 fully saturated rings. The van der Waals surface area contributed by atoms with Crippen molar-refractivity contribution in [1.29, 1.82) is 0 Å². The van der Waals surface area contributed by atoms with Crippen molar-refractivity contribution in [3.8, 4) is 11.3 Å². The number of hydrogen-bond acceptors (Lipinski definition) is 6. The summed E-state index contributed by atoms with van der Waals surface area (Å²) in [6, 6.07) is 6.27. The first kappa shape index (κ1) is 25.9. The predicted octanol–water partition coefficient (Wildman–Crippen LogP) is 5.65. The summed E-state index contributed by atoms with van der Waals surface area (Å²) in [7, 11) is 3.79. The van der Waals surface area contributed by atoms with Gasteiger partial charge in [0.15, 0.2) is 0 Å². The molecule has 2 heterocycles. The van der Waals surface area contributed by atoms with Gasteiger partial charge in [-0.25, -0.2) is 0 Å². The molecule has 2 unspecified atom stereocenters. The van der Waals surface area contributed by atoms with Gasteiger partial charge < -0.3 is 19.8 Å². The summed E-state index contributed by atoms with van der Waals surface area (Å²) < 4.78 is 6.59. The minimum Gasteiger partial charge on any atom is -0.460 e. The zero-order valence-corrected chi connectivity index (χ0v) is 21.7. The number of aromatic nitrogens is 1. The van der Waals surface area contributed by atoms with Crippen LogP contribution in [0.15, 0.2) is 63.5 Å². The third kappa shape index (κ3) is 6.32. The average Bonchev–Trinajstić information content (AvgIpc) is 3.30. The number of furan rings is 1. The third-order valence-electron chi connectivity index (χ3n) is 7.19. The molecule has 2 atom stereocenters. The van der Waals surface area contributed by atoms with Crippen LogP contribution in [0.3, 0.4) is 0 Å². The van der Waals surface area contributed by atoms with Crippen LogP contribution in [0.5, 0.6) is 0 Å². The van der Waals surface area contributed by atoms with E-state index in [0.29, 0.717) is 13.1 Å². The van der Waals surface area contributed by atoms with E-state index in [9.17, 15) is 10.0 Å². The Bertz CT molecular complexity index is 1130. The second-order valence-corrected chi connectivity index (χ2v) is 10.1. The van der Waals surface area contributed by atoms with Gasteiger partial charge in [0.2, 0.25) is 5.91 Å². The molecule has 36 heavy (non-hydrogen) atoms. The Hall–Kier alpha value is -3.19. The Morgan fingerprint density at radius 3 is 2.83 bits per heavy atom. The molecular formula is C29H38N4O3. The highest BCUT2D eigenvalue weighted by atomic mass is 16.4. The molecule has 2 aliphatic rings. The molecule has 2 aliphatic carbocycles. The van der Waals surface area contributed by atoms with Gasteiger partial charge in [-0.1, -0.05) is 29.8 Å². The van der Waals surface area contributed by atoms with E-state index < -0.39 is 0 Å². The number of rotatable bonds is 9. The van der Waals surface area contributed by atoms with Crippen molar-refractivity contribution in [2.24, 2.45) is 5.16 Å². The summed E-state index contributed by atoms with van der Waals surface area (Å²) in [6.07, 6.45) is 14.5. The van der Waals surface area contributed by atoms with E-state index in [1.165, 1.54) is 11.1 Å². The highest BCUT2D eigenvalue weighted by Crippen LogP contribution is 2.41. The Morgan fingerprint density at radius 1 is 1.31 bits per heavy atom. The standard InChI is InChI=1S/C29H38N4O3/c1-4-21(12-15-31-28(34)19-33(2)3)27-18-25(29(36-27)22-10-13-30-14-11-22)23-6-5-7-24-17-20(16-23)8-9-26(24)32-35/h7,10-11,13-14,16,18,21,23,35H,4-6,8-9,12,15,17,19H2,1-3H3,(H,31,34)/b20-16-,24-7+,32-26+. The van der Waals surface area contributed by atoms with Crippen molar-refractivity contribution >= 4 is 11.6 Å². The van der Waals surface area contributed by atoms with Crippen LogP contribution in [-0.4, -0.2) is 53.9 Å². The van der Waals surface area contributed by atoms with Crippen LogP contribution in [0.2, 0.25) is 0 Å². The second-order valence-electron chi connectivity index (χ2n) is 10.1. The molecule has 0 aliphatic heterocycles. The molecule has 0 radical (unpaired) electrons. The van der Waals surface area contributed by atoms with Crippen LogP contribution in [0.4, 0.5) is 0 Å². The molecule has 2 aromatic rings. The van der Waals surface area contributed by atoms with Crippen molar-refractivity contribution < 1.29 is 14.4 Å². The summed E-state index contributed by atoms with van der Waals surface area (Å²) in [6.45, 7) is 3.20. The fourth-order valence-electron chi connectivity index (χ4n) is 5.28. The third-order valence-corrected chi connectivity index (χ3v) is 7.19. The number of pyridine rings is 1. The maximum Gasteiger partial charge on any atom is 0.234 e. The summed E-state index contributed by atoms with van der Waals surface area (Å²) in [5, 5.41) is 15.9. The lowest BCUT2D eigenvalue weighted by Crippen LogP contribution is -2.34. The van der Waals surface area contributed by atoms with Crippen LogP contribution >= 0.6 is 0 Å². The number of fused-ring (bicyclic) bond motifs is 2. The first-order valence-corrected chi connectivity index (χ1v) is 13.0. The number of likely N-dealkylation sites (N-methyl/N-ethyl adjacent to an activating group) is 1. The largest absolute Gasteiger partial charge is 0.460 e. The Labute approximate surface area is 214 Å². The van der Waals surface area contributed by atoms with E-state index in [1.54, 1.807) is 12.4 Å². The van der Waals surface area contributed by atoms with Crippen molar-refractivity contribution in [3.63, 3.8) is 0 Å². The molecule has 4 rings (SSSR count). The topological polar surface area (TPSA) is 91.0 Å². The first-order valence-electron chi connectivity index (χ1n) is 13.0. The number of hydrogen-bond donors (Lipinski definition) is 2. The zero-order valence-electron chi connectivity index (χ0n) is 21.7. The number of carbonyl (C=O) groups is 1. The zero-order chi connectivity index (χ0) is 25.5. The summed E-state index contributed by atoms with van der Waals surface area (Å²) in [4.78, 5) is 18.2. The molecule has 2 aromatic heterocycles. The second kappa shape index (κ2) is 12.2. The normalized spacial score (nSPS) is 22.8. The molecule has 1 amide bonds. The molecule has 0 spiro atoms. The predicted molar refractivity (Wildman–Crippen MR) is 142 cm³/mol. The van der Waals surface area contributed by atoms with Crippen LogP contribution in [-0.2, 0) is 4.79 Å².